The highest BCUT2D eigenvalue weighted by atomic mass is 35.5. The zero-order valence-electron chi connectivity index (χ0n) is 15.5. The lowest BCUT2D eigenvalue weighted by atomic mass is 10.1. The van der Waals surface area contributed by atoms with Crippen molar-refractivity contribution in [3.8, 4) is 5.75 Å². The predicted octanol–water partition coefficient (Wildman–Crippen LogP) is 4.02. The molecule has 0 saturated carbocycles. The quantitative estimate of drug-likeness (QED) is 0.300. The molecule has 1 saturated heterocycles. The van der Waals surface area contributed by atoms with Gasteiger partial charge in [-0.3, -0.25) is 15.0 Å². The minimum Gasteiger partial charge on any atom is -0.423 e. The lowest BCUT2D eigenvalue weighted by molar-refractivity contribution is -0.117. The van der Waals surface area contributed by atoms with Gasteiger partial charge in [0, 0.05) is 0 Å². The molecule has 148 valence electrons. The van der Waals surface area contributed by atoms with Crippen molar-refractivity contribution in [3.63, 3.8) is 0 Å². The Labute approximate surface area is 177 Å². The molecule has 0 unspecified atom stereocenters. The molecule has 1 aliphatic heterocycles. The van der Waals surface area contributed by atoms with Crippen LogP contribution in [0.3, 0.4) is 0 Å². The van der Waals surface area contributed by atoms with E-state index < -0.39 is 17.8 Å². The summed E-state index contributed by atoms with van der Waals surface area (Å²) in [6, 6.07) is 21.9. The number of nitrogens with one attached hydrogen (secondary N) is 1. The molecule has 0 aliphatic carbocycles. The zero-order chi connectivity index (χ0) is 21.1. The van der Waals surface area contributed by atoms with Crippen LogP contribution in [-0.2, 0) is 9.59 Å². The average Bonchev–Trinajstić information content (AvgIpc) is 3.04. The van der Waals surface area contributed by atoms with E-state index in [0.29, 0.717) is 22.0 Å². The number of ether oxygens (including phenoxy) is 1. The topological polar surface area (TPSA) is 75.7 Å². The molecule has 30 heavy (non-hydrogen) atoms. The van der Waals surface area contributed by atoms with Crippen molar-refractivity contribution in [3.05, 3.63) is 101 Å². The Morgan fingerprint density at radius 1 is 0.900 bits per heavy atom. The molecule has 4 rings (SSSR count). The van der Waals surface area contributed by atoms with Gasteiger partial charge in [-0.15, -0.1) is 0 Å². The third-order valence-corrected chi connectivity index (χ3v) is 4.73. The third kappa shape index (κ3) is 3.94. The molecule has 1 heterocycles. The second-order valence-corrected chi connectivity index (χ2v) is 6.82. The molecule has 3 aromatic rings. The number of hydrogen-bond acceptors (Lipinski definition) is 4. The van der Waals surface area contributed by atoms with E-state index in [4.69, 9.17) is 16.3 Å². The Kier molecular flexibility index (Phi) is 5.32. The van der Waals surface area contributed by atoms with E-state index in [2.05, 4.69) is 5.43 Å². The van der Waals surface area contributed by atoms with E-state index >= 15 is 0 Å². The number of nitrogens with zero attached hydrogens (tertiary/aromatic N) is 1. The van der Waals surface area contributed by atoms with Crippen molar-refractivity contribution in [1.29, 1.82) is 0 Å². The summed E-state index contributed by atoms with van der Waals surface area (Å²) in [6.45, 7) is 0. The number of halogens is 1. The summed E-state index contributed by atoms with van der Waals surface area (Å²) in [5, 5.41) is 1.51. The van der Waals surface area contributed by atoms with Crippen LogP contribution in [0.25, 0.3) is 6.08 Å². The molecule has 7 heteroatoms. The number of anilines is 1. The minimum atomic E-state index is -0.574. The molecule has 6 nitrogen and oxygen atoms in total. The van der Waals surface area contributed by atoms with Gasteiger partial charge in [0.25, 0.3) is 11.8 Å². The Morgan fingerprint density at radius 2 is 1.57 bits per heavy atom. The van der Waals surface area contributed by atoms with Gasteiger partial charge in [-0.25, -0.2) is 9.80 Å². The van der Waals surface area contributed by atoms with Crippen molar-refractivity contribution in [2.75, 3.05) is 5.01 Å². The van der Waals surface area contributed by atoms with Crippen molar-refractivity contribution in [1.82, 2.24) is 5.43 Å². The first-order chi connectivity index (χ1) is 14.5. The van der Waals surface area contributed by atoms with E-state index in [-0.39, 0.29) is 11.1 Å². The molecule has 0 aromatic heterocycles. The van der Waals surface area contributed by atoms with Crippen LogP contribution in [0, 0.1) is 0 Å². The number of hydrazine groups is 1. The number of amides is 2. The summed E-state index contributed by atoms with van der Waals surface area (Å²) in [7, 11) is 0. The number of benzene rings is 3. The van der Waals surface area contributed by atoms with Crippen LogP contribution in [0.4, 0.5) is 5.69 Å². The highest BCUT2D eigenvalue weighted by molar-refractivity contribution is 6.33. The average molecular weight is 419 g/mol. The summed E-state index contributed by atoms with van der Waals surface area (Å²) < 4.78 is 5.32. The first-order valence-corrected chi connectivity index (χ1v) is 9.40. The van der Waals surface area contributed by atoms with Gasteiger partial charge in [0.15, 0.2) is 0 Å². The van der Waals surface area contributed by atoms with Gasteiger partial charge < -0.3 is 4.74 Å². The Hall–Kier alpha value is -3.90. The monoisotopic (exact) mass is 418 g/mol. The predicted molar refractivity (Wildman–Crippen MR) is 113 cm³/mol. The fraction of sp³-hybridized carbons (Fsp3) is 0. The highest BCUT2D eigenvalue weighted by Crippen LogP contribution is 2.23. The smallest absolute Gasteiger partial charge is 0.345 e. The molecule has 0 radical (unpaired) electrons. The van der Waals surface area contributed by atoms with Crippen LogP contribution in [-0.4, -0.2) is 17.8 Å². The minimum absolute atomic E-state index is 0.0136. The largest absolute Gasteiger partial charge is 0.423 e. The van der Waals surface area contributed by atoms with Gasteiger partial charge >= 0.3 is 5.97 Å². The standard InChI is InChI=1S/C23H15ClN2O4/c24-20-9-5-4-8-18(20)23(29)30-17-12-10-15(11-13-17)14-19-21(27)25-26(22(19)28)16-6-2-1-3-7-16/h1-14H,(H,25,27)/b19-14+. The van der Waals surface area contributed by atoms with Crippen molar-refractivity contribution < 1.29 is 19.1 Å². The maximum Gasteiger partial charge on any atom is 0.345 e. The normalized spacial score (nSPS) is 14.7. The number of esters is 1. The van der Waals surface area contributed by atoms with E-state index in [9.17, 15) is 14.4 Å². The van der Waals surface area contributed by atoms with E-state index in [1.807, 2.05) is 6.07 Å². The van der Waals surface area contributed by atoms with Crippen LogP contribution in [0.5, 0.6) is 5.75 Å². The lowest BCUT2D eigenvalue weighted by Gasteiger charge is -2.13. The summed E-state index contributed by atoms with van der Waals surface area (Å²) in [4.78, 5) is 37.1. The molecular formula is C23H15ClN2O4. The maximum atomic E-state index is 12.6. The number of carbonyl (C=O) groups is 3. The van der Waals surface area contributed by atoms with Crippen molar-refractivity contribution in [2.24, 2.45) is 0 Å². The van der Waals surface area contributed by atoms with Crippen molar-refractivity contribution >= 4 is 41.1 Å². The van der Waals surface area contributed by atoms with Gasteiger partial charge in [0.2, 0.25) is 0 Å². The SMILES string of the molecule is O=C1NN(c2ccccc2)C(=O)/C1=C/c1ccc(OC(=O)c2ccccc2Cl)cc1. The van der Waals surface area contributed by atoms with Crippen LogP contribution in [0.15, 0.2) is 84.4 Å². The summed E-state index contributed by atoms with van der Waals surface area (Å²) >= 11 is 6.01. The highest BCUT2D eigenvalue weighted by Gasteiger charge is 2.34. The van der Waals surface area contributed by atoms with Crippen LogP contribution in [0.1, 0.15) is 15.9 Å². The second kappa shape index (κ2) is 8.23. The van der Waals surface area contributed by atoms with Crippen LogP contribution < -0.4 is 15.2 Å². The summed E-state index contributed by atoms with van der Waals surface area (Å²) in [5.41, 5.74) is 4.01. The first-order valence-electron chi connectivity index (χ1n) is 9.02. The Bertz CT molecular complexity index is 1160. The number of hydrogen-bond donors (Lipinski definition) is 1. The van der Waals surface area contributed by atoms with Gasteiger partial charge in [-0.1, -0.05) is 54.1 Å². The third-order valence-electron chi connectivity index (χ3n) is 4.40. The van der Waals surface area contributed by atoms with Gasteiger partial charge in [0.1, 0.15) is 11.3 Å². The van der Waals surface area contributed by atoms with Crippen LogP contribution in [0.2, 0.25) is 5.02 Å². The molecular weight excluding hydrogens is 404 g/mol. The maximum absolute atomic E-state index is 12.6. The molecule has 1 fully saturated rings. The van der Waals surface area contributed by atoms with Gasteiger partial charge in [-0.2, -0.15) is 0 Å². The van der Waals surface area contributed by atoms with E-state index in [0.717, 1.165) is 0 Å². The van der Waals surface area contributed by atoms with E-state index in [1.165, 1.54) is 11.1 Å². The first kappa shape index (κ1) is 19.4. The number of rotatable bonds is 4. The molecule has 0 atom stereocenters. The molecule has 1 aliphatic rings. The lowest BCUT2D eigenvalue weighted by Crippen LogP contribution is -2.35. The Balaban J connectivity index is 1.50. The van der Waals surface area contributed by atoms with Gasteiger partial charge in [-0.05, 0) is 48.0 Å². The van der Waals surface area contributed by atoms with Gasteiger partial charge in [0.05, 0.1) is 16.3 Å². The molecule has 0 spiro atoms. The van der Waals surface area contributed by atoms with Crippen LogP contribution >= 0.6 is 11.6 Å². The molecule has 0 bridgehead atoms. The number of carbonyl (C=O) groups excluding carboxylic acids is 3. The zero-order valence-corrected chi connectivity index (χ0v) is 16.3. The second-order valence-electron chi connectivity index (χ2n) is 6.41. The summed E-state index contributed by atoms with van der Waals surface area (Å²) in [6.07, 6.45) is 1.49. The van der Waals surface area contributed by atoms with Crippen molar-refractivity contribution in [2.45, 2.75) is 0 Å². The Morgan fingerprint density at radius 3 is 2.27 bits per heavy atom. The molecule has 1 N–H and O–H groups in total. The fourth-order valence-electron chi connectivity index (χ4n) is 2.90. The van der Waals surface area contributed by atoms with E-state index in [1.54, 1.807) is 72.8 Å². The summed E-state index contributed by atoms with van der Waals surface area (Å²) in [5.74, 6) is -1.19. The number of para-hydroxylation sites is 1. The molecule has 2 amide bonds. The fourth-order valence-corrected chi connectivity index (χ4v) is 3.12. The molecule has 3 aromatic carbocycles.